The Morgan fingerprint density at radius 1 is 1.43 bits per heavy atom. The van der Waals surface area contributed by atoms with Gasteiger partial charge in [0, 0.05) is 24.3 Å². The van der Waals surface area contributed by atoms with Crippen molar-refractivity contribution in [1.82, 2.24) is 14.8 Å². The van der Waals surface area contributed by atoms with Gasteiger partial charge < -0.3 is 14.2 Å². The van der Waals surface area contributed by atoms with Crippen LogP contribution in [-0.2, 0) is 11.3 Å². The van der Waals surface area contributed by atoms with Gasteiger partial charge in [0.25, 0.3) is 0 Å². The second-order valence-corrected chi connectivity index (χ2v) is 9.49. The van der Waals surface area contributed by atoms with E-state index in [1.807, 2.05) is 35.8 Å². The average Bonchev–Trinajstić information content (AvgIpc) is 3.04. The lowest BCUT2D eigenvalue weighted by molar-refractivity contribution is -0.133. The monoisotopic (exact) mass is 401 g/mol. The van der Waals surface area contributed by atoms with E-state index in [2.05, 4.69) is 22.9 Å². The molecular formula is C22H31N3O2S. The van der Waals surface area contributed by atoms with Crippen molar-refractivity contribution in [2.45, 2.75) is 52.0 Å². The molecule has 6 heteroatoms. The number of hydrogen-bond donors (Lipinski definition) is 0. The topological polar surface area (TPSA) is 49.6 Å². The Morgan fingerprint density at radius 2 is 2.21 bits per heavy atom. The first-order chi connectivity index (χ1) is 13.5. The van der Waals surface area contributed by atoms with Gasteiger partial charge in [-0.3, -0.25) is 4.79 Å². The summed E-state index contributed by atoms with van der Waals surface area (Å²) in [4.78, 5) is 21.6. The van der Waals surface area contributed by atoms with Crippen LogP contribution in [0.15, 0.2) is 27.4 Å². The first-order valence-electron chi connectivity index (χ1n) is 10.4. The van der Waals surface area contributed by atoms with Crippen molar-refractivity contribution in [2.75, 3.05) is 26.7 Å². The van der Waals surface area contributed by atoms with Crippen molar-refractivity contribution in [3.05, 3.63) is 40.2 Å². The Balaban J connectivity index is 1.21. The highest BCUT2D eigenvalue weighted by Crippen LogP contribution is 2.60. The van der Waals surface area contributed by atoms with E-state index in [0.29, 0.717) is 18.4 Å². The Labute approximate surface area is 171 Å². The summed E-state index contributed by atoms with van der Waals surface area (Å²) in [5.74, 6) is 3.08. The summed E-state index contributed by atoms with van der Waals surface area (Å²) in [6.07, 6.45) is 4.51. The highest BCUT2D eigenvalue weighted by atomic mass is 32.1. The SMILES string of the molecule is Cc1ccc(C(C)CCN2CCC3(CC2)CC3C(=O)N(C)Cc2cscn2)o1. The molecule has 3 heterocycles. The van der Waals surface area contributed by atoms with E-state index < -0.39 is 0 Å². The van der Waals surface area contributed by atoms with Crippen LogP contribution in [0.3, 0.4) is 0 Å². The summed E-state index contributed by atoms with van der Waals surface area (Å²) in [5, 5.41) is 2.02. The third-order valence-corrected chi connectivity index (χ3v) is 7.36. The van der Waals surface area contributed by atoms with Gasteiger partial charge in [0.15, 0.2) is 0 Å². The van der Waals surface area contributed by atoms with E-state index >= 15 is 0 Å². The second-order valence-electron chi connectivity index (χ2n) is 8.77. The van der Waals surface area contributed by atoms with Crippen LogP contribution < -0.4 is 0 Å². The van der Waals surface area contributed by atoms with Gasteiger partial charge in [-0.05, 0) is 69.8 Å². The molecule has 1 spiro atoms. The molecule has 2 aromatic heterocycles. The number of hydrogen-bond acceptors (Lipinski definition) is 5. The van der Waals surface area contributed by atoms with Crippen molar-refractivity contribution in [1.29, 1.82) is 0 Å². The molecule has 1 saturated carbocycles. The van der Waals surface area contributed by atoms with Gasteiger partial charge in [0.05, 0.1) is 17.7 Å². The number of rotatable bonds is 7. The Morgan fingerprint density at radius 3 is 2.86 bits per heavy atom. The lowest BCUT2D eigenvalue weighted by Crippen LogP contribution is -2.38. The van der Waals surface area contributed by atoms with Gasteiger partial charge in [0.2, 0.25) is 5.91 Å². The Hall–Kier alpha value is -1.66. The predicted molar refractivity (Wildman–Crippen MR) is 111 cm³/mol. The van der Waals surface area contributed by atoms with E-state index in [1.165, 1.54) is 0 Å². The quantitative estimate of drug-likeness (QED) is 0.694. The zero-order chi connectivity index (χ0) is 19.7. The molecule has 152 valence electrons. The maximum Gasteiger partial charge on any atom is 0.226 e. The van der Waals surface area contributed by atoms with Crippen LogP contribution in [0.5, 0.6) is 0 Å². The van der Waals surface area contributed by atoms with Crippen molar-refractivity contribution < 1.29 is 9.21 Å². The third kappa shape index (κ3) is 4.18. The van der Waals surface area contributed by atoms with E-state index in [0.717, 1.165) is 62.5 Å². The standard InChI is InChI=1S/C22H31N3O2S/c1-16(20-5-4-17(2)27-20)6-9-25-10-7-22(8-11-25)12-19(22)21(26)24(3)13-18-14-28-15-23-18/h4-5,14-16,19H,6-13H2,1-3H3. The van der Waals surface area contributed by atoms with Crippen molar-refractivity contribution in [3.8, 4) is 0 Å². The minimum Gasteiger partial charge on any atom is -0.466 e. The van der Waals surface area contributed by atoms with Crippen LogP contribution >= 0.6 is 11.3 Å². The van der Waals surface area contributed by atoms with E-state index in [-0.39, 0.29) is 11.3 Å². The summed E-state index contributed by atoms with van der Waals surface area (Å²) >= 11 is 1.58. The summed E-state index contributed by atoms with van der Waals surface area (Å²) in [6.45, 7) is 8.22. The highest BCUT2D eigenvalue weighted by molar-refractivity contribution is 7.07. The molecule has 2 fully saturated rings. The van der Waals surface area contributed by atoms with Crippen LogP contribution in [0.4, 0.5) is 0 Å². The molecule has 0 bridgehead atoms. The van der Waals surface area contributed by atoms with Gasteiger partial charge >= 0.3 is 0 Å². The average molecular weight is 402 g/mol. The molecule has 1 aliphatic carbocycles. The van der Waals surface area contributed by atoms with Gasteiger partial charge in [-0.1, -0.05) is 6.92 Å². The van der Waals surface area contributed by atoms with Gasteiger partial charge in [-0.25, -0.2) is 4.98 Å². The van der Waals surface area contributed by atoms with Crippen LogP contribution in [-0.4, -0.2) is 47.4 Å². The first-order valence-corrected chi connectivity index (χ1v) is 11.3. The first kappa shape index (κ1) is 19.6. The lowest BCUT2D eigenvalue weighted by atomic mass is 9.90. The third-order valence-electron chi connectivity index (χ3n) is 6.72. The zero-order valence-corrected chi connectivity index (χ0v) is 18.0. The molecule has 2 aromatic rings. The number of carbonyl (C=O) groups is 1. The van der Waals surface area contributed by atoms with Crippen LogP contribution in [0, 0.1) is 18.3 Å². The van der Waals surface area contributed by atoms with Gasteiger partial charge in [-0.15, -0.1) is 11.3 Å². The largest absolute Gasteiger partial charge is 0.466 e. The molecule has 4 rings (SSSR count). The minimum absolute atomic E-state index is 0.225. The number of likely N-dealkylation sites (tertiary alicyclic amines) is 1. The van der Waals surface area contributed by atoms with Gasteiger partial charge in [0.1, 0.15) is 11.5 Å². The molecular weight excluding hydrogens is 370 g/mol. The molecule has 28 heavy (non-hydrogen) atoms. The van der Waals surface area contributed by atoms with E-state index in [4.69, 9.17) is 4.42 Å². The molecule has 5 nitrogen and oxygen atoms in total. The lowest BCUT2D eigenvalue weighted by Gasteiger charge is -2.33. The Bertz CT molecular complexity index is 793. The summed E-state index contributed by atoms with van der Waals surface area (Å²) in [6, 6.07) is 4.15. The molecule has 1 amide bonds. The molecule has 1 saturated heterocycles. The fourth-order valence-electron chi connectivity index (χ4n) is 4.61. The highest BCUT2D eigenvalue weighted by Gasteiger charge is 2.58. The fraction of sp³-hybridized carbons (Fsp3) is 0.636. The molecule has 2 aliphatic rings. The summed E-state index contributed by atoms with van der Waals surface area (Å²) in [7, 11) is 1.92. The van der Waals surface area contributed by atoms with E-state index in [9.17, 15) is 4.79 Å². The maximum absolute atomic E-state index is 12.8. The number of aryl methyl sites for hydroxylation is 1. The number of aromatic nitrogens is 1. The number of piperidine rings is 1. The number of nitrogens with zero attached hydrogens (tertiary/aromatic N) is 3. The van der Waals surface area contributed by atoms with Crippen molar-refractivity contribution in [3.63, 3.8) is 0 Å². The fourth-order valence-corrected chi connectivity index (χ4v) is 5.16. The summed E-state index contributed by atoms with van der Waals surface area (Å²) < 4.78 is 5.76. The predicted octanol–water partition coefficient (Wildman–Crippen LogP) is 4.30. The molecule has 2 unspecified atom stereocenters. The van der Waals surface area contributed by atoms with Crippen LogP contribution in [0.25, 0.3) is 0 Å². The molecule has 0 radical (unpaired) electrons. The number of furan rings is 1. The normalized spacial score (nSPS) is 22.3. The number of thiazole rings is 1. The minimum atomic E-state index is 0.225. The molecule has 0 N–H and O–H groups in total. The second kappa shape index (κ2) is 7.99. The van der Waals surface area contributed by atoms with E-state index in [1.54, 1.807) is 11.3 Å². The molecule has 0 aromatic carbocycles. The van der Waals surface area contributed by atoms with Crippen LogP contribution in [0.1, 0.15) is 55.7 Å². The Kier molecular flexibility index (Phi) is 5.61. The smallest absolute Gasteiger partial charge is 0.226 e. The number of carbonyl (C=O) groups excluding carboxylic acids is 1. The molecule has 1 aliphatic heterocycles. The zero-order valence-electron chi connectivity index (χ0n) is 17.2. The maximum atomic E-state index is 12.8. The molecule has 2 atom stereocenters. The number of amides is 1. The van der Waals surface area contributed by atoms with Crippen molar-refractivity contribution >= 4 is 17.2 Å². The van der Waals surface area contributed by atoms with Crippen molar-refractivity contribution in [2.24, 2.45) is 11.3 Å². The summed E-state index contributed by atoms with van der Waals surface area (Å²) in [5.41, 5.74) is 3.09. The van der Waals surface area contributed by atoms with Crippen LogP contribution in [0.2, 0.25) is 0 Å². The van der Waals surface area contributed by atoms with Gasteiger partial charge in [-0.2, -0.15) is 0 Å².